The van der Waals surface area contributed by atoms with E-state index in [4.69, 9.17) is 9.81 Å². The quantitative estimate of drug-likeness (QED) is 0.445. The number of H-pyrrole nitrogens is 1. The summed E-state index contributed by atoms with van der Waals surface area (Å²) in [6.45, 7) is -0.0397. The number of rotatable bonds is 4. The number of hydrogen-bond donors (Lipinski definition) is 2. The second-order valence-corrected chi connectivity index (χ2v) is 7.13. The minimum absolute atomic E-state index is 0.0397. The lowest BCUT2D eigenvalue weighted by molar-refractivity contribution is 0.478. The van der Waals surface area contributed by atoms with Crippen LogP contribution in [-0.4, -0.2) is 38.2 Å². The third kappa shape index (κ3) is 3.52. The average molecular weight is 386 g/mol. The monoisotopic (exact) mass is 386 g/mol. The largest absolute Gasteiger partial charge is 0.349 e. The van der Waals surface area contributed by atoms with Crippen molar-refractivity contribution in [3.8, 4) is 23.7 Å². The van der Waals surface area contributed by atoms with E-state index in [1.165, 1.54) is 16.7 Å². The maximum absolute atomic E-state index is 12.1. The van der Waals surface area contributed by atoms with Crippen molar-refractivity contribution < 1.29 is 13.0 Å². The number of nitriles is 2. The highest BCUT2D eigenvalue weighted by Crippen LogP contribution is 2.24. The zero-order valence-electron chi connectivity index (χ0n) is 13.5. The summed E-state index contributed by atoms with van der Waals surface area (Å²) in [7, 11) is -4.22. The van der Waals surface area contributed by atoms with Gasteiger partial charge in [-0.2, -0.15) is 23.9 Å². The molecular formula is C15H10N6O5S. The van der Waals surface area contributed by atoms with Gasteiger partial charge in [-0.05, 0) is 18.6 Å². The van der Waals surface area contributed by atoms with E-state index in [1.807, 2.05) is 17.1 Å². The van der Waals surface area contributed by atoms with Gasteiger partial charge in [-0.3, -0.25) is 14.3 Å². The number of nitrogens with one attached hydrogen (secondary N) is 1. The van der Waals surface area contributed by atoms with Crippen LogP contribution >= 0.6 is 0 Å². The molecule has 0 radical (unpaired) electrons. The molecule has 11 nitrogen and oxygen atoms in total. The first-order valence-corrected chi connectivity index (χ1v) is 9.08. The van der Waals surface area contributed by atoms with Gasteiger partial charge in [-0.15, -0.1) is 0 Å². The molecule has 12 heteroatoms. The third-order valence-electron chi connectivity index (χ3n) is 3.77. The molecule has 2 aliphatic rings. The number of aryl methyl sites for hydroxylation is 1. The molecule has 0 atom stereocenters. The maximum Gasteiger partial charge on any atom is 0.349 e. The van der Waals surface area contributed by atoms with Crippen LogP contribution in [0.3, 0.4) is 0 Å². The van der Waals surface area contributed by atoms with Crippen LogP contribution in [0.15, 0.2) is 21.7 Å². The molecule has 0 saturated heterocycles. The molecule has 0 amide bonds. The van der Waals surface area contributed by atoms with Gasteiger partial charge in [0, 0.05) is 6.54 Å². The van der Waals surface area contributed by atoms with E-state index in [0.29, 0.717) is 0 Å². The van der Waals surface area contributed by atoms with E-state index in [2.05, 4.69) is 9.97 Å². The second kappa shape index (κ2) is 6.60. The Labute approximate surface area is 151 Å². The van der Waals surface area contributed by atoms with Crippen LogP contribution in [-0.2, 0) is 16.7 Å². The first kappa shape index (κ1) is 18.2. The van der Waals surface area contributed by atoms with E-state index in [-0.39, 0.29) is 46.6 Å². The van der Waals surface area contributed by atoms with Gasteiger partial charge < -0.3 is 4.57 Å². The first-order valence-electron chi connectivity index (χ1n) is 7.47. The van der Waals surface area contributed by atoms with Crippen LogP contribution in [0, 0.1) is 22.7 Å². The van der Waals surface area contributed by atoms with Gasteiger partial charge in [0.15, 0.2) is 11.5 Å². The van der Waals surface area contributed by atoms with E-state index in [9.17, 15) is 23.3 Å². The van der Waals surface area contributed by atoms with Crippen LogP contribution in [0.4, 0.5) is 0 Å². The summed E-state index contributed by atoms with van der Waals surface area (Å²) in [6.07, 6.45) is -0.0533. The van der Waals surface area contributed by atoms with Gasteiger partial charge in [0.2, 0.25) is 0 Å². The van der Waals surface area contributed by atoms with Crippen LogP contribution in [0.2, 0.25) is 0 Å². The number of nitrogens with zero attached hydrogens (tertiary/aromatic N) is 5. The fourth-order valence-electron chi connectivity index (χ4n) is 2.66. The summed E-state index contributed by atoms with van der Waals surface area (Å²) in [4.78, 5) is 33.5. The average Bonchev–Trinajstić information content (AvgIpc) is 2.59. The third-order valence-corrected chi connectivity index (χ3v) is 4.58. The molecule has 1 aromatic carbocycles. The predicted molar refractivity (Wildman–Crippen MR) is 91.5 cm³/mol. The molecule has 2 N–H and O–H groups in total. The second-order valence-electron chi connectivity index (χ2n) is 5.56. The van der Waals surface area contributed by atoms with Crippen molar-refractivity contribution in [2.24, 2.45) is 0 Å². The highest BCUT2D eigenvalue weighted by atomic mass is 32.2. The summed E-state index contributed by atoms with van der Waals surface area (Å²) in [5.41, 5.74) is -1.32. The predicted octanol–water partition coefficient (Wildman–Crippen LogP) is -0.394. The van der Waals surface area contributed by atoms with Crippen molar-refractivity contribution >= 4 is 21.2 Å². The van der Waals surface area contributed by atoms with Gasteiger partial charge in [-0.25, -0.2) is 9.78 Å². The molecule has 0 saturated carbocycles. The van der Waals surface area contributed by atoms with Gasteiger partial charge in [0.05, 0.1) is 27.9 Å². The highest BCUT2D eigenvalue weighted by Gasteiger charge is 2.20. The Morgan fingerprint density at radius 1 is 1.15 bits per heavy atom. The SMILES string of the molecule is N#Cc1cc2nc3c(=O)[nH]c(=O)nc-3n(CCCS(=O)(=O)O)c2cc1C#N. The van der Waals surface area contributed by atoms with E-state index >= 15 is 0 Å². The van der Waals surface area contributed by atoms with Crippen molar-refractivity contribution in [2.45, 2.75) is 13.0 Å². The summed E-state index contributed by atoms with van der Waals surface area (Å²) in [5.74, 6) is -0.652. The lowest BCUT2D eigenvalue weighted by Gasteiger charge is -2.16. The molecule has 136 valence electrons. The Balaban J connectivity index is 2.35. The van der Waals surface area contributed by atoms with Crippen molar-refractivity contribution in [1.29, 1.82) is 10.5 Å². The number of aromatic amines is 1. The Morgan fingerprint density at radius 3 is 2.44 bits per heavy atom. The van der Waals surface area contributed by atoms with Crippen molar-refractivity contribution in [1.82, 2.24) is 19.5 Å². The Hall–Kier alpha value is -3.61. The number of hydrogen-bond acceptors (Lipinski definition) is 8. The maximum atomic E-state index is 12.1. The van der Waals surface area contributed by atoms with Crippen molar-refractivity contribution in [2.75, 3.05) is 5.75 Å². The fourth-order valence-corrected chi connectivity index (χ4v) is 3.15. The molecule has 1 aromatic rings. The van der Waals surface area contributed by atoms with Crippen LogP contribution in [0.1, 0.15) is 17.5 Å². The minimum atomic E-state index is -4.22. The molecule has 2 heterocycles. The van der Waals surface area contributed by atoms with Crippen molar-refractivity contribution in [3.63, 3.8) is 0 Å². The molecule has 27 heavy (non-hydrogen) atoms. The topological polar surface area (TPSA) is 183 Å². The minimum Gasteiger partial charge on any atom is -0.322 e. The van der Waals surface area contributed by atoms with Gasteiger partial charge in [-0.1, -0.05) is 0 Å². The van der Waals surface area contributed by atoms with E-state index in [1.54, 1.807) is 0 Å². The fraction of sp³-hybridized carbons (Fsp3) is 0.200. The molecule has 3 rings (SSSR count). The smallest absolute Gasteiger partial charge is 0.322 e. The standard InChI is InChI=1S/C15H10N6O5S/c16-6-8-4-10-11(5-9(8)7-17)21(2-1-3-27(24,25)26)13-12(18-10)14(22)20-15(23)19-13/h4-5H,1-3H2,(H,20,22,23)(H,24,25,26). The number of benzene rings is 1. The van der Waals surface area contributed by atoms with E-state index < -0.39 is 27.1 Å². The van der Waals surface area contributed by atoms with Crippen molar-refractivity contribution in [3.05, 3.63) is 44.1 Å². The zero-order valence-corrected chi connectivity index (χ0v) is 14.3. The van der Waals surface area contributed by atoms with Gasteiger partial charge in [0.1, 0.15) is 12.1 Å². The van der Waals surface area contributed by atoms with Crippen LogP contribution in [0.25, 0.3) is 22.6 Å². The summed E-state index contributed by atoms with van der Waals surface area (Å²) >= 11 is 0. The highest BCUT2D eigenvalue weighted by molar-refractivity contribution is 7.85. The van der Waals surface area contributed by atoms with Crippen LogP contribution in [0.5, 0.6) is 0 Å². The lowest BCUT2D eigenvalue weighted by atomic mass is 10.1. The van der Waals surface area contributed by atoms with Crippen LogP contribution < -0.4 is 11.2 Å². The number of fused-ring (bicyclic) bond motifs is 2. The van der Waals surface area contributed by atoms with Gasteiger partial charge >= 0.3 is 5.69 Å². The zero-order chi connectivity index (χ0) is 19.8. The van der Waals surface area contributed by atoms with E-state index in [0.717, 1.165) is 0 Å². The summed E-state index contributed by atoms with van der Waals surface area (Å²) in [5, 5.41) is 18.4. The number of aromatic nitrogens is 4. The molecule has 0 aliphatic carbocycles. The molecule has 0 bridgehead atoms. The normalized spacial score (nSPS) is 11.4. The molecular weight excluding hydrogens is 376 g/mol. The Kier molecular flexibility index (Phi) is 4.45. The molecule has 0 fully saturated rings. The summed E-state index contributed by atoms with van der Waals surface area (Å²) < 4.78 is 32.2. The molecule has 0 spiro atoms. The first-order chi connectivity index (χ1) is 12.7. The van der Waals surface area contributed by atoms with Gasteiger partial charge in [0.25, 0.3) is 15.7 Å². The lowest BCUT2D eigenvalue weighted by Crippen LogP contribution is -2.29. The summed E-state index contributed by atoms with van der Waals surface area (Å²) in [6, 6.07) is 6.39. The molecule has 0 aromatic heterocycles. The molecule has 2 aliphatic heterocycles. The Bertz CT molecular complexity index is 1340. The Morgan fingerprint density at radius 2 is 1.81 bits per heavy atom. The molecule has 0 unspecified atom stereocenters.